The van der Waals surface area contributed by atoms with Crippen LogP contribution in [0.15, 0.2) is 36.5 Å². The summed E-state index contributed by atoms with van der Waals surface area (Å²) < 4.78 is 34.6. The summed E-state index contributed by atoms with van der Waals surface area (Å²) >= 11 is 0. The van der Waals surface area contributed by atoms with Crippen molar-refractivity contribution in [3.05, 3.63) is 36.5 Å². The van der Waals surface area contributed by atoms with Gasteiger partial charge >= 0.3 is 5.97 Å². The molecule has 330 valence electrons. The number of quaternary nitrogens is 1. The van der Waals surface area contributed by atoms with E-state index in [0.717, 1.165) is 51.4 Å². The van der Waals surface area contributed by atoms with Crippen molar-refractivity contribution in [2.45, 2.75) is 206 Å². The molecule has 0 saturated heterocycles. The number of carbonyl (C=O) groups excluding carboxylic acids is 1. The number of nitrogens with zero attached hydrogens (tertiary/aromatic N) is 1. The zero-order valence-corrected chi connectivity index (χ0v) is 38.2. The van der Waals surface area contributed by atoms with Crippen molar-refractivity contribution >= 4 is 13.8 Å². The first kappa shape index (κ1) is 54.7. The molecule has 9 heteroatoms. The van der Waals surface area contributed by atoms with Crippen LogP contribution in [0.3, 0.4) is 0 Å². The summed E-state index contributed by atoms with van der Waals surface area (Å²) in [5.41, 5.74) is 0. The van der Waals surface area contributed by atoms with Crippen molar-refractivity contribution in [2.75, 3.05) is 54.1 Å². The zero-order chi connectivity index (χ0) is 41.3. The standard InChI is InChI=1S/C47H90NO7P/c1-6-8-10-12-14-16-18-20-21-22-23-24-25-26-27-28-29-31-33-35-37-39-42-52-44-46(45-54-56(50,51)53-43-41-48(3,4)5)55-47(49)40-38-36-34-32-30-19-17-15-13-11-9-7-2/h18,20,22-23,25-26,46H,6-17,19,21,24,27-45H2,1-5H3/b20-18-,23-22-,26-25-. The van der Waals surface area contributed by atoms with Crippen molar-refractivity contribution in [2.24, 2.45) is 0 Å². The fraction of sp³-hybridized carbons (Fsp3) is 0.851. The summed E-state index contributed by atoms with van der Waals surface area (Å²) in [7, 11) is 1.35. The minimum atomic E-state index is -4.52. The van der Waals surface area contributed by atoms with Crippen molar-refractivity contribution in [1.82, 2.24) is 0 Å². The molecule has 0 aliphatic heterocycles. The normalized spacial score (nSPS) is 14.0. The maximum atomic E-state index is 12.7. The Bertz CT molecular complexity index is 994. The lowest BCUT2D eigenvalue weighted by Gasteiger charge is -2.28. The topological polar surface area (TPSA) is 94.1 Å². The molecule has 0 saturated carbocycles. The molecule has 2 atom stereocenters. The highest BCUT2D eigenvalue weighted by molar-refractivity contribution is 7.45. The van der Waals surface area contributed by atoms with Gasteiger partial charge in [-0.25, -0.2) is 0 Å². The molecule has 0 spiro atoms. The number of allylic oxidation sites excluding steroid dienone is 6. The average Bonchev–Trinajstić information content (AvgIpc) is 3.15. The molecular formula is C47H90NO7P. The SMILES string of the molecule is CCCCCCC/C=C\C/C=C\C/C=C\CCCCCCCCCOCC(COP(=O)([O-])OCC[N+](C)(C)C)OC(=O)CCCCCCCCCCCCCC. The number of phosphoric ester groups is 1. The van der Waals surface area contributed by atoms with E-state index in [2.05, 4.69) is 50.3 Å². The lowest BCUT2D eigenvalue weighted by atomic mass is 10.0. The maximum Gasteiger partial charge on any atom is 0.306 e. The fourth-order valence-electron chi connectivity index (χ4n) is 6.32. The Kier molecular flexibility index (Phi) is 39.6. The molecule has 0 fully saturated rings. The van der Waals surface area contributed by atoms with Crippen LogP contribution in [0.2, 0.25) is 0 Å². The average molecular weight is 812 g/mol. The molecule has 2 unspecified atom stereocenters. The number of phosphoric acid groups is 1. The highest BCUT2D eigenvalue weighted by Gasteiger charge is 2.20. The van der Waals surface area contributed by atoms with E-state index in [4.69, 9.17) is 18.5 Å². The zero-order valence-electron chi connectivity index (χ0n) is 37.3. The van der Waals surface area contributed by atoms with Gasteiger partial charge in [0, 0.05) is 13.0 Å². The van der Waals surface area contributed by atoms with E-state index < -0.39 is 13.9 Å². The summed E-state index contributed by atoms with van der Waals surface area (Å²) in [5.74, 6) is -0.338. The Balaban J connectivity index is 4.17. The molecular weight excluding hydrogens is 721 g/mol. The Morgan fingerprint density at radius 3 is 1.46 bits per heavy atom. The second-order valence-corrected chi connectivity index (χ2v) is 18.2. The molecule has 0 aliphatic rings. The van der Waals surface area contributed by atoms with Crippen LogP contribution in [0, 0.1) is 0 Å². The first-order valence-corrected chi connectivity index (χ1v) is 24.7. The van der Waals surface area contributed by atoms with Gasteiger partial charge in [-0.2, -0.15) is 0 Å². The second kappa shape index (κ2) is 40.5. The first-order chi connectivity index (χ1) is 27.1. The summed E-state index contributed by atoms with van der Waals surface area (Å²) in [6.07, 6.45) is 47.3. The van der Waals surface area contributed by atoms with E-state index >= 15 is 0 Å². The van der Waals surface area contributed by atoms with Crippen LogP contribution < -0.4 is 4.89 Å². The quantitative estimate of drug-likeness (QED) is 0.0199. The maximum absolute atomic E-state index is 12.7. The molecule has 0 amide bonds. The van der Waals surface area contributed by atoms with Crippen LogP contribution in [-0.2, 0) is 27.9 Å². The predicted molar refractivity (Wildman–Crippen MR) is 236 cm³/mol. The van der Waals surface area contributed by atoms with Crippen molar-refractivity contribution in [3.8, 4) is 0 Å². The van der Waals surface area contributed by atoms with Crippen molar-refractivity contribution < 1.29 is 37.3 Å². The van der Waals surface area contributed by atoms with E-state index in [1.807, 2.05) is 21.1 Å². The van der Waals surface area contributed by atoms with Gasteiger partial charge in [-0.3, -0.25) is 9.36 Å². The van der Waals surface area contributed by atoms with Gasteiger partial charge in [0.1, 0.15) is 19.3 Å². The molecule has 0 bridgehead atoms. The molecule has 0 aromatic carbocycles. The molecule has 0 radical (unpaired) electrons. The number of hydrogen-bond donors (Lipinski definition) is 0. The summed E-state index contributed by atoms with van der Waals surface area (Å²) in [6, 6.07) is 0. The van der Waals surface area contributed by atoms with E-state index in [0.29, 0.717) is 24.1 Å². The monoisotopic (exact) mass is 812 g/mol. The molecule has 0 heterocycles. The Hall–Kier alpha value is -1.28. The van der Waals surface area contributed by atoms with E-state index in [9.17, 15) is 14.3 Å². The van der Waals surface area contributed by atoms with Crippen molar-refractivity contribution in [1.29, 1.82) is 0 Å². The minimum absolute atomic E-state index is 0.0247. The molecule has 0 rings (SSSR count). The molecule has 0 aliphatic carbocycles. The van der Waals surface area contributed by atoms with Crippen LogP contribution in [0.5, 0.6) is 0 Å². The number of likely N-dealkylation sites (N-methyl/N-ethyl adjacent to an activating group) is 1. The number of unbranched alkanes of at least 4 members (excludes halogenated alkanes) is 23. The second-order valence-electron chi connectivity index (χ2n) is 16.8. The molecule has 0 aromatic heterocycles. The first-order valence-electron chi connectivity index (χ1n) is 23.2. The summed E-state index contributed by atoms with van der Waals surface area (Å²) in [6.45, 7) is 5.39. The van der Waals surface area contributed by atoms with Gasteiger partial charge in [0.15, 0.2) is 0 Å². The lowest BCUT2D eigenvalue weighted by molar-refractivity contribution is -0.870. The van der Waals surface area contributed by atoms with E-state index in [1.165, 1.54) is 128 Å². The summed E-state index contributed by atoms with van der Waals surface area (Å²) in [5, 5.41) is 0. The summed E-state index contributed by atoms with van der Waals surface area (Å²) in [4.78, 5) is 25.0. The highest BCUT2D eigenvalue weighted by Crippen LogP contribution is 2.38. The molecule has 0 aromatic rings. The smallest absolute Gasteiger partial charge is 0.306 e. The molecule has 0 N–H and O–H groups in total. The number of ether oxygens (including phenoxy) is 2. The number of hydrogen-bond acceptors (Lipinski definition) is 7. The third-order valence-corrected chi connectivity index (χ3v) is 10.9. The number of carbonyl (C=O) groups is 1. The van der Waals surface area contributed by atoms with Gasteiger partial charge in [0.2, 0.25) is 0 Å². The highest BCUT2D eigenvalue weighted by atomic mass is 31.2. The number of rotatable bonds is 43. The fourth-order valence-corrected chi connectivity index (χ4v) is 7.05. The van der Waals surface area contributed by atoms with Gasteiger partial charge in [-0.05, 0) is 51.4 Å². The van der Waals surface area contributed by atoms with Gasteiger partial charge in [0.05, 0.1) is 34.4 Å². The third kappa shape index (κ3) is 43.8. The minimum Gasteiger partial charge on any atom is -0.756 e. The third-order valence-electron chi connectivity index (χ3n) is 9.94. The predicted octanol–water partition coefficient (Wildman–Crippen LogP) is 13.1. The van der Waals surface area contributed by atoms with Gasteiger partial charge in [-0.1, -0.05) is 179 Å². The van der Waals surface area contributed by atoms with Gasteiger partial charge in [-0.15, -0.1) is 0 Å². The largest absolute Gasteiger partial charge is 0.756 e. The Labute approximate surface area is 346 Å². The van der Waals surface area contributed by atoms with Crippen LogP contribution >= 0.6 is 7.82 Å². The molecule has 56 heavy (non-hydrogen) atoms. The van der Waals surface area contributed by atoms with Crippen LogP contribution in [0.25, 0.3) is 0 Å². The van der Waals surface area contributed by atoms with Crippen LogP contribution in [0.1, 0.15) is 200 Å². The van der Waals surface area contributed by atoms with Crippen LogP contribution in [-0.4, -0.2) is 70.7 Å². The van der Waals surface area contributed by atoms with Crippen LogP contribution in [0.4, 0.5) is 0 Å². The van der Waals surface area contributed by atoms with Crippen molar-refractivity contribution in [3.63, 3.8) is 0 Å². The van der Waals surface area contributed by atoms with Gasteiger partial charge in [0.25, 0.3) is 7.82 Å². The van der Waals surface area contributed by atoms with Gasteiger partial charge < -0.3 is 27.9 Å². The lowest BCUT2D eigenvalue weighted by Crippen LogP contribution is -2.37. The molecule has 8 nitrogen and oxygen atoms in total. The Morgan fingerprint density at radius 1 is 0.554 bits per heavy atom. The van der Waals surface area contributed by atoms with E-state index in [-0.39, 0.29) is 25.8 Å². The van der Waals surface area contributed by atoms with E-state index in [1.54, 1.807) is 0 Å². The Morgan fingerprint density at radius 2 is 0.982 bits per heavy atom. The number of esters is 1.